The van der Waals surface area contributed by atoms with Crippen molar-refractivity contribution >= 4 is 92.0 Å². The van der Waals surface area contributed by atoms with Crippen LogP contribution in [0.5, 0.6) is 11.5 Å². The van der Waals surface area contributed by atoms with Gasteiger partial charge in [-0.25, -0.2) is 0 Å². The molecule has 46 heavy (non-hydrogen) atoms. The number of thiocarbonyl (C=S) groups is 2. The lowest BCUT2D eigenvalue weighted by atomic mass is 10.2. The molecule has 0 saturated carbocycles. The van der Waals surface area contributed by atoms with Crippen LogP contribution in [0.4, 0.5) is 0 Å². The molecule has 18 heteroatoms. The van der Waals surface area contributed by atoms with Crippen LogP contribution in [0.25, 0.3) is 0 Å². The van der Waals surface area contributed by atoms with Gasteiger partial charge in [-0.05, 0) is 49.2 Å². The topological polar surface area (TPSA) is 197 Å². The normalized spacial score (nSPS) is 16.1. The third-order valence-corrected chi connectivity index (χ3v) is 9.35. The average Bonchev–Trinajstić information content (AvgIpc) is 3.47. The highest BCUT2D eigenvalue weighted by Gasteiger charge is 2.41. The zero-order chi connectivity index (χ0) is 33.4. The number of hydrazine groups is 2. The van der Waals surface area contributed by atoms with Gasteiger partial charge < -0.3 is 10.2 Å². The first-order chi connectivity index (χ1) is 21.9. The maximum Gasteiger partial charge on any atom is 0.269 e. The number of phenolic OH excluding ortho intramolecular Hbond substituents is 2. The summed E-state index contributed by atoms with van der Waals surface area (Å²) in [5, 5.41) is 19.0. The Morgan fingerprint density at radius 2 is 1.04 bits per heavy atom. The zero-order valence-electron chi connectivity index (χ0n) is 23.7. The van der Waals surface area contributed by atoms with Crippen LogP contribution in [-0.2, 0) is 19.2 Å². The van der Waals surface area contributed by atoms with Crippen molar-refractivity contribution in [3.8, 4) is 11.5 Å². The minimum atomic E-state index is -0.614. The number of carbonyl (C=O) groups is 6. The van der Waals surface area contributed by atoms with Crippen LogP contribution < -0.4 is 21.7 Å². The molecule has 4 rings (SSSR count). The fourth-order valence-corrected chi connectivity index (χ4v) is 6.84. The summed E-state index contributed by atoms with van der Waals surface area (Å²) in [6.07, 6.45) is 0.347. The van der Waals surface area contributed by atoms with E-state index >= 15 is 0 Å². The minimum absolute atomic E-state index is 0.0397. The van der Waals surface area contributed by atoms with Gasteiger partial charge in [0.25, 0.3) is 23.6 Å². The Kier molecular flexibility index (Phi) is 11.7. The second kappa shape index (κ2) is 15.7. The van der Waals surface area contributed by atoms with Gasteiger partial charge in [0.15, 0.2) is 0 Å². The van der Waals surface area contributed by atoms with Gasteiger partial charge in [-0.3, -0.25) is 60.3 Å². The van der Waals surface area contributed by atoms with Crippen LogP contribution in [-0.4, -0.2) is 77.2 Å². The Labute approximate surface area is 281 Å². The van der Waals surface area contributed by atoms with E-state index in [1.165, 1.54) is 58.3 Å². The van der Waals surface area contributed by atoms with E-state index in [4.69, 9.17) is 24.4 Å². The van der Waals surface area contributed by atoms with Crippen LogP contribution in [0.1, 0.15) is 46.4 Å². The Balaban J connectivity index is 1.21. The first-order valence-corrected chi connectivity index (χ1v) is 16.0. The average molecular weight is 703 g/mol. The molecule has 240 valence electrons. The summed E-state index contributed by atoms with van der Waals surface area (Å²) in [5.74, 6) is -3.42. The summed E-state index contributed by atoms with van der Waals surface area (Å²) in [7, 11) is 0. The van der Waals surface area contributed by atoms with Crippen molar-refractivity contribution in [3.63, 3.8) is 0 Å². The van der Waals surface area contributed by atoms with Crippen molar-refractivity contribution in [3.05, 3.63) is 69.5 Å². The molecule has 0 radical (unpaired) electrons. The van der Waals surface area contributed by atoms with E-state index in [1.807, 2.05) is 0 Å². The van der Waals surface area contributed by atoms with E-state index in [2.05, 4.69) is 21.7 Å². The number of nitrogens with zero attached hydrogens (tertiary/aromatic N) is 2. The summed E-state index contributed by atoms with van der Waals surface area (Å²) in [4.78, 5) is 77.7. The summed E-state index contributed by atoms with van der Waals surface area (Å²) < 4.78 is 0.430. The van der Waals surface area contributed by atoms with Crippen LogP contribution >= 0.6 is 48.0 Å². The van der Waals surface area contributed by atoms with Crippen molar-refractivity contribution in [2.75, 3.05) is 13.1 Å². The first kappa shape index (κ1) is 34.4. The van der Waals surface area contributed by atoms with Crippen molar-refractivity contribution in [1.29, 1.82) is 0 Å². The molecule has 2 aromatic rings. The van der Waals surface area contributed by atoms with Gasteiger partial charge in [0, 0.05) is 37.1 Å². The number of nitrogens with one attached hydrogen (secondary N) is 4. The van der Waals surface area contributed by atoms with Gasteiger partial charge in [-0.2, -0.15) is 0 Å². The molecular formula is C28H26N6O8S4. The smallest absolute Gasteiger partial charge is 0.269 e. The molecule has 0 spiro atoms. The van der Waals surface area contributed by atoms with Gasteiger partial charge in [-0.1, -0.05) is 60.1 Å². The number of aromatic hydroxyl groups is 2. The molecule has 14 nitrogen and oxygen atoms in total. The molecule has 2 heterocycles. The van der Waals surface area contributed by atoms with Crippen molar-refractivity contribution in [2.45, 2.75) is 25.7 Å². The Bertz CT molecular complexity index is 1550. The van der Waals surface area contributed by atoms with Crippen LogP contribution in [0.2, 0.25) is 0 Å². The predicted octanol–water partition coefficient (Wildman–Crippen LogP) is 1.81. The number of hydrogen-bond donors (Lipinski definition) is 6. The fraction of sp³-hybridized carbons (Fsp3) is 0.214. The van der Waals surface area contributed by atoms with E-state index in [0.717, 1.165) is 23.5 Å². The van der Waals surface area contributed by atoms with E-state index in [9.17, 15) is 39.0 Å². The number of hydrogen-bond acceptors (Lipinski definition) is 12. The number of phenols is 2. The molecular weight excluding hydrogens is 677 g/mol. The number of amides is 6. The van der Waals surface area contributed by atoms with Crippen molar-refractivity contribution < 1.29 is 39.0 Å². The molecule has 0 aromatic heterocycles. The molecule has 2 saturated heterocycles. The zero-order valence-corrected chi connectivity index (χ0v) is 27.0. The van der Waals surface area contributed by atoms with E-state index in [0.29, 0.717) is 0 Å². The lowest BCUT2D eigenvalue weighted by molar-refractivity contribution is -0.125. The number of thioether (sulfide) groups is 2. The van der Waals surface area contributed by atoms with Gasteiger partial charge in [0.2, 0.25) is 11.8 Å². The van der Waals surface area contributed by atoms with Gasteiger partial charge in [0.05, 0.1) is 9.81 Å². The number of benzene rings is 2. The Morgan fingerprint density at radius 1 is 0.652 bits per heavy atom. The number of rotatable bonds is 10. The van der Waals surface area contributed by atoms with Crippen LogP contribution in [0.15, 0.2) is 58.3 Å². The molecule has 0 atom stereocenters. The maximum absolute atomic E-state index is 13.1. The van der Waals surface area contributed by atoms with Gasteiger partial charge in [-0.15, -0.1) is 0 Å². The standard InChI is InChI=1S/C28H26N6O8S4/c35-17-7-1-5-15(13-17)23(39)31-29-19(37)9-3-11-33-25(41)21(45-27(33)43)22-26(42)34(28(44)46-22)12-4-10-20(38)30-32-24(40)16-6-2-8-18(36)14-16/h1-2,5-8,13-14,35-36H,3-4,9-12H2,(H,29,37)(H,30,38)(H,31,39)(H,32,40). The molecule has 6 amide bonds. The number of carbonyl (C=O) groups excluding carboxylic acids is 6. The van der Waals surface area contributed by atoms with Gasteiger partial charge >= 0.3 is 0 Å². The van der Waals surface area contributed by atoms with Crippen molar-refractivity contribution in [2.24, 2.45) is 0 Å². The molecule has 2 aromatic carbocycles. The van der Waals surface area contributed by atoms with Crippen LogP contribution in [0, 0.1) is 0 Å². The Morgan fingerprint density at radius 3 is 1.41 bits per heavy atom. The summed E-state index contributed by atoms with van der Waals surface area (Å²) in [6.45, 7) is 0.193. The molecule has 2 aliphatic heterocycles. The maximum atomic E-state index is 13.1. The third kappa shape index (κ3) is 8.81. The van der Waals surface area contributed by atoms with E-state index in [1.54, 1.807) is 0 Å². The highest BCUT2D eigenvalue weighted by molar-refractivity contribution is 8.29. The molecule has 0 bridgehead atoms. The summed E-state index contributed by atoms with van der Waals surface area (Å²) >= 11 is 12.6. The Hall–Kier alpha value is -4.52. The van der Waals surface area contributed by atoms with Crippen LogP contribution in [0.3, 0.4) is 0 Å². The molecule has 6 N–H and O–H groups in total. The minimum Gasteiger partial charge on any atom is -0.508 e. The summed E-state index contributed by atoms with van der Waals surface area (Å²) in [5.41, 5.74) is 9.34. The molecule has 0 unspecified atom stereocenters. The molecule has 2 aliphatic rings. The fourth-order valence-electron chi connectivity index (χ4n) is 4.07. The highest BCUT2D eigenvalue weighted by atomic mass is 32.2. The van der Waals surface area contributed by atoms with Gasteiger partial charge in [0.1, 0.15) is 20.1 Å². The second-order valence-electron chi connectivity index (χ2n) is 9.62. The lowest BCUT2D eigenvalue weighted by Gasteiger charge is -2.15. The summed E-state index contributed by atoms with van der Waals surface area (Å²) in [6, 6.07) is 11.2. The molecule has 2 fully saturated rings. The first-order valence-electron chi connectivity index (χ1n) is 13.5. The van der Waals surface area contributed by atoms with E-state index < -0.39 is 35.4 Å². The van der Waals surface area contributed by atoms with Crippen molar-refractivity contribution in [1.82, 2.24) is 31.5 Å². The third-order valence-electron chi connectivity index (χ3n) is 6.32. The van der Waals surface area contributed by atoms with E-state index in [-0.39, 0.29) is 79.9 Å². The quantitative estimate of drug-likeness (QED) is 0.120. The second-order valence-corrected chi connectivity index (χ2v) is 12.9. The lowest BCUT2D eigenvalue weighted by Crippen LogP contribution is -2.42. The monoisotopic (exact) mass is 702 g/mol. The SMILES string of the molecule is O=C(CCCN1C(=O)C(=C2SC(=S)N(CCCC(=O)NNC(=O)c3cccc(O)c3)C2=O)SC1=S)NNC(=O)c1cccc(O)c1. The molecule has 0 aliphatic carbocycles. The highest BCUT2D eigenvalue weighted by Crippen LogP contribution is 2.42. The predicted molar refractivity (Wildman–Crippen MR) is 177 cm³/mol. The largest absolute Gasteiger partial charge is 0.508 e.